The van der Waals surface area contributed by atoms with Crippen LogP contribution in [0, 0.1) is 5.82 Å². The van der Waals surface area contributed by atoms with Gasteiger partial charge in [-0.05, 0) is 24.3 Å². The quantitative estimate of drug-likeness (QED) is 0.141. The molecule has 0 bridgehead atoms. The van der Waals surface area contributed by atoms with Gasteiger partial charge < -0.3 is 20.0 Å². The predicted molar refractivity (Wildman–Crippen MR) is 123 cm³/mol. The van der Waals surface area contributed by atoms with Crippen molar-refractivity contribution in [2.45, 2.75) is 19.3 Å². The molecule has 5 aromatic rings. The molecule has 4 aromatic heterocycles. The number of imidazole rings is 1. The SMILES string of the molecule is Fc1cccnc1CNc1nccc2oc([C@@H](F)NCNCCc3nc4ccccc4[nH]3)nc12. The summed E-state index contributed by atoms with van der Waals surface area (Å²) in [6.07, 6.45) is 2.07. The fourth-order valence-electron chi connectivity index (χ4n) is 3.49. The lowest BCUT2D eigenvalue weighted by Crippen LogP contribution is -2.32. The summed E-state index contributed by atoms with van der Waals surface area (Å²) in [5.41, 5.74) is 2.88. The number of nitrogens with zero attached hydrogens (tertiary/aromatic N) is 4. The van der Waals surface area contributed by atoms with Crippen molar-refractivity contribution in [1.29, 1.82) is 0 Å². The average Bonchev–Trinajstić information content (AvgIpc) is 3.47. The van der Waals surface area contributed by atoms with Gasteiger partial charge in [-0.15, -0.1) is 0 Å². The molecule has 0 saturated carbocycles. The van der Waals surface area contributed by atoms with Gasteiger partial charge in [-0.2, -0.15) is 0 Å². The molecule has 0 fully saturated rings. The summed E-state index contributed by atoms with van der Waals surface area (Å²) in [6, 6.07) is 12.3. The molecule has 0 aliphatic heterocycles. The van der Waals surface area contributed by atoms with Crippen LogP contribution >= 0.6 is 0 Å². The molecule has 5 rings (SSSR count). The first-order valence-corrected chi connectivity index (χ1v) is 10.8. The first-order chi connectivity index (χ1) is 16.7. The molecule has 1 aromatic carbocycles. The number of benzene rings is 1. The first-order valence-electron chi connectivity index (χ1n) is 10.8. The van der Waals surface area contributed by atoms with E-state index < -0.39 is 12.1 Å². The smallest absolute Gasteiger partial charge is 0.245 e. The van der Waals surface area contributed by atoms with Crippen molar-refractivity contribution < 1.29 is 13.2 Å². The number of anilines is 1. The number of halogens is 2. The summed E-state index contributed by atoms with van der Waals surface area (Å²) >= 11 is 0. The van der Waals surface area contributed by atoms with E-state index in [-0.39, 0.29) is 24.8 Å². The zero-order valence-electron chi connectivity index (χ0n) is 18.1. The van der Waals surface area contributed by atoms with Gasteiger partial charge in [0, 0.05) is 38.1 Å². The average molecular weight is 464 g/mol. The van der Waals surface area contributed by atoms with Crippen molar-refractivity contribution in [2.24, 2.45) is 0 Å². The Morgan fingerprint density at radius 1 is 1.03 bits per heavy atom. The Bertz CT molecular complexity index is 1370. The van der Waals surface area contributed by atoms with E-state index >= 15 is 0 Å². The highest BCUT2D eigenvalue weighted by molar-refractivity contribution is 5.84. The molecule has 4 N–H and O–H groups in total. The van der Waals surface area contributed by atoms with E-state index in [9.17, 15) is 8.78 Å². The Morgan fingerprint density at radius 3 is 2.82 bits per heavy atom. The highest BCUT2D eigenvalue weighted by Crippen LogP contribution is 2.25. The number of hydrogen-bond donors (Lipinski definition) is 4. The van der Waals surface area contributed by atoms with Crippen molar-refractivity contribution in [3.8, 4) is 0 Å². The third kappa shape index (κ3) is 4.85. The van der Waals surface area contributed by atoms with Crippen LogP contribution in [-0.4, -0.2) is 38.1 Å². The second-order valence-corrected chi connectivity index (χ2v) is 7.54. The standard InChI is InChI=1S/C23H22F2N8O/c24-14-4-3-9-27-17(14)12-29-22-20-18(7-11-28-22)34-23(33-20)21(25)30-13-26-10-8-19-31-15-5-1-2-6-16(15)32-19/h1-7,9,11,21,26,30H,8,10,12-13H2,(H,28,29)(H,31,32)/t21-/m0/s1. The number of nitrogens with one attached hydrogen (secondary N) is 4. The van der Waals surface area contributed by atoms with E-state index in [1.807, 2.05) is 24.3 Å². The van der Waals surface area contributed by atoms with Gasteiger partial charge in [0.25, 0.3) is 0 Å². The number of alkyl halides is 1. The number of pyridine rings is 2. The maximum atomic E-state index is 14.7. The van der Waals surface area contributed by atoms with Crippen LogP contribution in [0.3, 0.4) is 0 Å². The zero-order chi connectivity index (χ0) is 23.3. The number of para-hydroxylation sites is 2. The molecule has 0 amide bonds. The third-order valence-electron chi connectivity index (χ3n) is 5.18. The van der Waals surface area contributed by atoms with Gasteiger partial charge in [-0.3, -0.25) is 10.3 Å². The molecule has 0 aliphatic carbocycles. The molecule has 4 heterocycles. The molecule has 0 radical (unpaired) electrons. The van der Waals surface area contributed by atoms with Crippen LogP contribution in [0.5, 0.6) is 0 Å². The number of hydrogen-bond acceptors (Lipinski definition) is 8. The fourth-order valence-corrected chi connectivity index (χ4v) is 3.49. The van der Waals surface area contributed by atoms with Gasteiger partial charge in [0.2, 0.25) is 12.2 Å². The predicted octanol–water partition coefficient (Wildman–Crippen LogP) is 3.59. The largest absolute Gasteiger partial charge is 0.436 e. The van der Waals surface area contributed by atoms with Crippen molar-refractivity contribution in [1.82, 2.24) is 35.6 Å². The van der Waals surface area contributed by atoms with E-state index in [2.05, 4.69) is 40.9 Å². The number of rotatable bonds is 10. The summed E-state index contributed by atoms with van der Waals surface area (Å²) in [5.74, 6) is 0.675. The minimum absolute atomic E-state index is 0.105. The van der Waals surface area contributed by atoms with Crippen LogP contribution in [0.2, 0.25) is 0 Å². The molecule has 11 heteroatoms. The Kier molecular flexibility index (Phi) is 6.36. The van der Waals surface area contributed by atoms with Gasteiger partial charge in [0.1, 0.15) is 11.6 Å². The lowest BCUT2D eigenvalue weighted by molar-refractivity contribution is 0.227. The van der Waals surface area contributed by atoms with Crippen LogP contribution in [0.15, 0.2) is 59.3 Å². The van der Waals surface area contributed by atoms with Gasteiger partial charge in [-0.1, -0.05) is 12.1 Å². The summed E-state index contributed by atoms with van der Waals surface area (Å²) in [4.78, 5) is 20.2. The van der Waals surface area contributed by atoms with Crippen LogP contribution in [0.1, 0.15) is 23.7 Å². The van der Waals surface area contributed by atoms with Gasteiger partial charge in [0.15, 0.2) is 16.9 Å². The molecule has 0 spiro atoms. The van der Waals surface area contributed by atoms with E-state index in [0.717, 1.165) is 16.9 Å². The number of aromatic amines is 1. The number of H-pyrrole nitrogens is 1. The Hall–Kier alpha value is -3.96. The number of fused-ring (bicyclic) bond motifs is 2. The van der Waals surface area contributed by atoms with E-state index in [1.165, 1.54) is 24.5 Å². The van der Waals surface area contributed by atoms with Crippen LogP contribution < -0.4 is 16.0 Å². The van der Waals surface area contributed by atoms with Crippen molar-refractivity contribution in [2.75, 3.05) is 18.5 Å². The Balaban J connectivity index is 1.14. The van der Waals surface area contributed by atoms with E-state index in [4.69, 9.17) is 4.42 Å². The minimum Gasteiger partial charge on any atom is -0.436 e. The lowest BCUT2D eigenvalue weighted by Gasteiger charge is -2.08. The van der Waals surface area contributed by atoms with E-state index in [0.29, 0.717) is 29.9 Å². The van der Waals surface area contributed by atoms with Crippen molar-refractivity contribution in [3.63, 3.8) is 0 Å². The van der Waals surface area contributed by atoms with Crippen LogP contribution in [0.25, 0.3) is 22.1 Å². The topological polar surface area (TPSA) is 117 Å². The maximum Gasteiger partial charge on any atom is 0.245 e. The van der Waals surface area contributed by atoms with Gasteiger partial charge in [0.05, 0.1) is 23.3 Å². The maximum absolute atomic E-state index is 14.7. The fraction of sp³-hybridized carbons (Fsp3) is 0.217. The molecule has 0 aliphatic rings. The number of oxazole rings is 1. The lowest BCUT2D eigenvalue weighted by atomic mass is 10.3. The molecule has 0 saturated heterocycles. The highest BCUT2D eigenvalue weighted by atomic mass is 19.1. The van der Waals surface area contributed by atoms with Gasteiger partial charge >= 0.3 is 0 Å². The molecule has 34 heavy (non-hydrogen) atoms. The molecular formula is C23H22F2N8O. The zero-order valence-corrected chi connectivity index (χ0v) is 18.1. The van der Waals surface area contributed by atoms with Crippen molar-refractivity contribution in [3.05, 3.63) is 78.1 Å². The van der Waals surface area contributed by atoms with E-state index in [1.54, 1.807) is 6.07 Å². The van der Waals surface area contributed by atoms with Gasteiger partial charge in [-0.25, -0.2) is 23.7 Å². The Labute approximate surface area is 193 Å². The monoisotopic (exact) mass is 464 g/mol. The Morgan fingerprint density at radius 2 is 1.94 bits per heavy atom. The molecule has 174 valence electrons. The summed E-state index contributed by atoms with van der Waals surface area (Å²) in [5, 5.41) is 8.79. The molecular weight excluding hydrogens is 442 g/mol. The summed E-state index contributed by atoms with van der Waals surface area (Å²) in [7, 11) is 0. The second-order valence-electron chi connectivity index (χ2n) is 7.54. The number of aromatic nitrogens is 5. The second kappa shape index (κ2) is 9.89. The highest BCUT2D eigenvalue weighted by Gasteiger charge is 2.19. The van der Waals surface area contributed by atoms with Crippen LogP contribution in [0.4, 0.5) is 14.6 Å². The third-order valence-corrected chi connectivity index (χ3v) is 5.18. The minimum atomic E-state index is -1.62. The normalized spacial score (nSPS) is 12.4. The first kappa shape index (κ1) is 21.9. The molecule has 0 unspecified atom stereocenters. The molecule has 9 nitrogen and oxygen atoms in total. The summed E-state index contributed by atoms with van der Waals surface area (Å²) in [6.45, 7) is 0.922. The van der Waals surface area contributed by atoms with Crippen molar-refractivity contribution >= 4 is 28.0 Å². The molecule has 1 atom stereocenters. The summed E-state index contributed by atoms with van der Waals surface area (Å²) < 4.78 is 34.0. The van der Waals surface area contributed by atoms with Crippen LogP contribution in [-0.2, 0) is 13.0 Å².